The third-order valence-electron chi connectivity index (χ3n) is 3.74. The van der Waals surface area contributed by atoms with Gasteiger partial charge in [-0.25, -0.2) is 9.07 Å². The number of nitrogens with zero attached hydrogens (tertiary/aromatic N) is 5. The molecule has 0 amide bonds. The Morgan fingerprint density at radius 3 is 2.62 bits per heavy atom. The lowest BCUT2D eigenvalue weighted by Gasteiger charge is -2.33. The monoisotopic (exact) mass is 369 g/mol. The molecule has 0 aliphatic rings. The number of halogens is 1. The van der Waals surface area contributed by atoms with E-state index in [9.17, 15) is 19.8 Å². The van der Waals surface area contributed by atoms with Gasteiger partial charge >= 0.3 is 0 Å². The first-order valence-corrected chi connectivity index (χ1v) is 8.00. The van der Waals surface area contributed by atoms with E-state index in [4.69, 9.17) is 4.74 Å². The molecule has 2 aromatic rings. The number of rotatable bonds is 9. The van der Waals surface area contributed by atoms with Crippen LogP contribution in [0.15, 0.2) is 30.5 Å². The Morgan fingerprint density at radius 2 is 2.04 bits per heavy atom. The zero-order chi connectivity index (χ0) is 19.3. The van der Waals surface area contributed by atoms with Gasteiger partial charge in [-0.15, -0.1) is 5.10 Å². The van der Waals surface area contributed by atoms with Crippen LogP contribution in [-0.2, 0) is 11.3 Å². The predicted octanol–water partition coefficient (Wildman–Crippen LogP) is -0.0112. The molecule has 0 radical (unpaired) electrons. The van der Waals surface area contributed by atoms with Gasteiger partial charge in [0.2, 0.25) is 0 Å². The third kappa shape index (κ3) is 5.27. The molecule has 144 valence electrons. The summed E-state index contributed by atoms with van der Waals surface area (Å²) in [6, 6.07) is 5.98. The van der Waals surface area contributed by atoms with Crippen molar-refractivity contribution in [3.05, 3.63) is 36.3 Å². The molecule has 0 spiro atoms. The van der Waals surface area contributed by atoms with Crippen LogP contribution in [-0.4, -0.2) is 86.7 Å². The fourth-order valence-electron chi connectivity index (χ4n) is 2.42. The minimum atomic E-state index is -1.03. The Balaban J connectivity index is 2.08. The van der Waals surface area contributed by atoms with Gasteiger partial charge in [0.1, 0.15) is 23.8 Å². The molecule has 0 aliphatic heterocycles. The summed E-state index contributed by atoms with van der Waals surface area (Å²) in [5.41, 5.74) is 1.05. The van der Waals surface area contributed by atoms with Crippen LogP contribution in [0.4, 0.5) is 4.39 Å². The number of hydroxylamine groups is 2. The van der Waals surface area contributed by atoms with Crippen molar-refractivity contribution >= 4 is 0 Å². The average Bonchev–Trinajstić information content (AvgIpc) is 3.03. The van der Waals surface area contributed by atoms with E-state index in [1.54, 1.807) is 37.3 Å². The summed E-state index contributed by atoms with van der Waals surface area (Å²) in [6.07, 6.45) is -1.24. The summed E-state index contributed by atoms with van der Waals surface area (Å²) < 4.78 is 20.3. The molecule has 3 atom stereocenters. The second kappa shape index (κ2) is 9.12. The van der Waals surface area contributed by atoms with Gasteiger partial charge in [0.25, 0.3) is 0 Å². The van der Waals surface area contributed by atoms with Crippen molar-refractivity contribution in [2.75, 3.05) is 27.7 Å². The highest BCUT2D eigenvalue weighted by molar-refractivity contribution is 5.57. The lowest BCUT2D eigenvalue weighted by molar-refractivity contribution is -0.260. The number of aliphatic hydroxyl groups excluding tert-OH is 2. The van der Waals surface area contributed by atoms with Crippen LogP contribution in [0.25, 0.3) is 11.3 Å². The van der Waals surface area contributed by atoms with Gasteiger partial charge < -0.3 is 20.2 Å². The second-order valence-corrected chi connectivity index (χ2v) is 6.10. The minimum absolute atomic E-state index is 0.0540. The van der Waals surface area contributed by atoms with E-state index in [0.29, 0.717) is 11.3 Å². The van der Waals surface area contributed by atoms with Crippen LogP contribution in [0.3, 0.4) is 0 Å². The van der Waals surface area contributed by atoms with Crippen molar-refractivity contribution in [1.82, 2.24) is 25.0 Å². The van der Waals surface area contributed by atoms with Crippen LogP contribution in [0.1, 0.15) is 0 Å². The average molecular weight is 369 g/mol. The van der Waals surface area contributed by atoms with Gasteiger partial charge in [0, 0.05) is 12.6 Å². The SMILES string of the molecule is CN(C)C(OC(CO)N(C)O)C(O)Cn1cc(-c2cccc(F)c2)nn1. The fourth-order valence-corrected chi connectivity index (χ4v) is 2.42. The Labute approximate surface area is 150 Å². The van der Waals surface area contributed by atoms with E-state index < -0.39 is 25.2 Å². The molecular formula is C16H24FN5O4. The summed E-state index contributed by atoms with van der Waals surface area (Å²) in [4.78, 5) is 1.61. The van der Waals surface area contributed by atoms with E-state index in [0.717, 1.165) is 5.06 Å². The molecule has 0 bridgehead atoms. The van der Waals surface area contributed by atoms with E-state index in [-0.39, 0.29) is 12.4 Å². The number of likely N-dealkylation sites (N-methyl/N-ethyl adjacent to an activating group) is 2. The van der Waals surface area contributed by atoms with Crippen LogP contribution in [0.5, 0.6) is 0 Å². The minimum Gasteiger partial charge on any atom is -0.392 e. The van der Waals surface area contributed by atoms with Crippen molar-refractivity contribution in [3.63, 3.8) is 0 Å². The molecule has 3 N–H and O–H groups in total. The fraction of sp³-hybridized carbons (Fsp3) is 0.500. The molecule has 0 fully saturated rings. The zero-order valence-electron chi connectivity index (χ0n) is 14.9. The number of aromatic nitrogens is 3. The van der Waals surface area contributed by atoms with Gasteiger partial charge in [-0.1, -0.05) is 17.3 Å². The molecule has 10 heteroatoms. The van der Waals surface area contributed by atoms with E-state index >= 15 is 0 Å². The van der Waals surface area contributed by atoms with Gasteiger partial charge in [-0.2, -0.15) is 5.06 Å². The maximum atomic E-state index is 13.3. The highest BCUT2D eigenvalue weighted by Crippen LogP contribution is 2.17. The summed E-state index contributed by atoms with van der Waals surface area (Å²) in [6.45, 7) is -0.393. The molecule has 0 saturated carbocycles. The van der Waals surface area contributed by atoms with Gasteiger partial charge in [-0.05, 0) is 26.2 Å². The summed E-state index contributed by atoms with van der Waals surface area (Å²) >= 11 is 0. The Bertz CT molecular complexity index is 697. The predicted molar refractivity (Wildman–Crippen MR) is 90.4 cm³/mol. The van der Waals surface area contributed by atoms with Crippen LogP contribution in [0.2, 0.25) is 0 Å². The van der Waals surface area contributed by atoms with Gasteiger partial charge in [0.05, 0.1) is 19.3 Å². The Hall–Kier alpha value is -1.95. The number of benzene rings is 1. The topological polar surface area (TPSA) is 107 Å². The molecule has 26 heavy (non-hydrogen) atoms. The second-order valence-electron chi connectivity index (χ2n) is 6.10. The largest absolute Gasteiger partial charge is 0.392 e. The van der Waals surface area contributed by atoms with Crippen molar-refractivity contribution < 1.29 is 24.5 Å². The third-order valence-corrected chi connectivity index (χ3v) is 3.74. The first-order valence-electron chi connectivity index (χ1n) is 8.00. The maximum absolute atomic E-state index is 13.3. The summed E-state index contributed by atoms with van der Waals surface area (Å²) in [5, 5.41) is 37.9. The standard InChI is InChI=1S/C16H24FN5O4/c1-20(2)16(26-15(10-23)21(3)25)14(24)9-22-8-13(18-19-22)11-5-4-6-12(17)7-11/h4-8,14-16,23-25H,9-10H2,1-3H3. The van der Waals surface area contributed by atoms with Crippen molar-refractivity contribution in [2.24, 2.45) is 0 Å². The van der Waals surface area contributed by atoms with Gasteiger partial charge in [-0.3, -0.25) is 4.90 Å². The molecule has 2 rings (SSSR count). The normalized spacial score (nSPS) is 15.4. The lowest BCUT2D eigenvalue weighted by atomic mass is 10.2. The zero-order valence-corrected chi connectivity index (χ0v) is 14.9. The number of aliphatic hydroxyl groups is 2. The highest BCUT2D eigenvalue weighted by atomic mass is 19.1. The Kier molecular flexibility index (Phi) is 7.14. The molecule has 1 aromatic carbocycles. The van der Waals surface area contributed by atoms with Crippen LogP contribution >= 0.6 is 0 Å². The van der Waals surface area contributed by atoms with Gasteiger partial charge in [0.15, 0.2) is 6.23 Å². The molecule has 3 unspecified atom stereocenters. The molecule has 9 nitrogen and oxygen atoms in total. The molecule has 0 saturated heterocycles. The van der Waals surface area contributed by atoms with E-state index in [2.05, 4.69) is 10.3 Å². The first kappa shape index (κ1) is 20.4. The van der Waals surface area contributed by atoms with E-state index in [1.165, 1.54) is 23.9 Å². The van der Waals surface area contributed by atoms with Crippen LogP contribution in [0, 0.1) is 5.82 Å². The highest BCUT2D eigenvalue weighted by Gasteiger charge is 2.28. The number of ether oxygens (including phenoxy) is 1. The van der Waals surface area contributed by atoms with Crippen molar-refractivity contribution in [3.8, 4) is 11.3 Å². The first-order chi connectivity index (χ1) is 12.3. The number of hydrogen-bond donors (Lipinski definition) is 3. The molecule has 1 aromatic heterocycles. The lowest BCUT2D eigenvalue weighted by Crippen LogP contribution is -2.49. The summed E-state index contributed by atoms with van der Waals surface area (Å²) in [7, 11) is 4.72. The molecule has 0 aliphatic carbocycles. The molecule has 1 heterocycles. The maximum Gasteiger partial charge on any atom is 0.157 e. The Morgan fingerprint density at radius 1 is 1.31 bits per heavy atom. The quantitative estimate of drug-likeness (QED) is 0.419. The summed E-state index contributed by atoms with van der Waals surface area (Å²) in [5.74, 6) is -0.374. The van der Waals surface area contributed by atoms with Crippen molar-refractivity contribution in [2.45, 2.75) is 25.1 Å². The van der Waals surface area contributed by atoms with Crippen LogP contribution < -0.4 is 0 Å². The number of hydrogen-bond acceptors (Lipinski definition) is 8. The molecular weight excluding hydrogens is 345 g/mol. The van der Waals surface area contributed by atoms with Crippen molar-refractivity contribution in [1.29, 1.82) is 0 Å². The smallest absolute Gasteiger partial charge is 0.157 e. The van der Waals surface area contributed by atoms with E-state index in [1.807, 2.05) is 0 Å².